The van der Waals surface area contributed by atoms with Crippen molar-refractivity contribution in [2.45, 2.75) is 51.7 Å². The average Bonchev–Trinajstić information content (AvgIpc) is 2.32. The molecular weight excluding hydrogens is 150 g/mol. The fraction of sp³-hybridized carbons (Fsp3) is 1.00. The highest BCUT2D eigenvalue weighted by Crippen LogP contribution is 2.25. The maximum atomic E-state index is 10.1. The Balaban J connectivity index is 2.45. The van der Waals surface area contributed by atoms with Crippen molar-refractivity contribution >= 4 is 0 Å². The van der Waals surface area contributed by atoms with Gasteiger partial charge in [-0.3, -0.25) is 0 Å². The second kappa shape index (κ2) is 3.75. The first-order valence-corrected chi connectivity index (χ1v) is 4.98. The van der Waals surface area contributed by atoms with Crippen LogP contribution in [0.2, 0.25) is 0 Å². The van der Waals surface area contributed by atoms with Crippen molar-refractivity contribution in [2.75, 3.05) is 6.54 Å². The van der Waals surface area contributed by atoms with Crippen LogP contribution in [0.25, 0.3) is 0 Å². The van der Waals surface area contributed by atoms with E-state index in [1.165, 1.54) is 6.42 Å². The first-order valence-electron chi connectivity index (χ1n) is 4.98. The zero-order valence-corrected chi connectivity index (χ0v) is 8.43. The second-order valence-electron chi connectivity index (χ2n) is 4.60. The summed E-state index contributed by atoms with van der Waals surface area (Å²) in [6, 6.07) is 0.319. The summed E-state index contributed by atoms with van der Waals surface area (Å²) in [4.78, 5) is 0. The van der Waals surface area contributed by atoms with Crippen molar-refractivity contribution in [1.29, 1.82) is 0 Å². The Hall–Kier alpha value is -0.0800. The van der Waals surface area contributed by atoms with Gasteiger partial charge in [-0.05, 0) is 38.6 Å². The first-order chi connectivity index (χ1) is 5.52. The maximum absolute atomic E-state index is 10.1. The van der Waals surface area contributed by atoms with Gasteiger partial charge in [0.1, 0.15) is 0 Å². The van der Waals surface area contributed by atoms with Gasteiger partial charge in [0, 0.05) is 6.04 Å². The Morgan fingerprint density at radius 3 is 2.67 bits per heavy atom. The van der Waals surface area contributed by atoms with Gasteiger partial charge in [-0.25, -0.2) is 0 Å². The molecule has 0 aliphatic carbocycles. The molecule has 1 heterocycles. The van der Waals surface area contributed by atoms with Gasteiger partial charge in [-0.15, -0.1) is 0 Å². The summed E-state index contributed by atoms with van der Waals surface area (Å²) in [5.74, 6) is 0.572. The predicted molar refractivity (Wildman–Crippen MR) is 51.1 cm³/mol. The van der Waals surface area contributed by atoms with Crippen LogP contribution in [0.1, 0.15) is 40.0 Å². The molecule has 0 spiro atoms. The molecule has 1 saturated heterocycles. The van der Waals surface area contributed by atoms with Crippen molar-refractivity contribution in [3.05, 3.63) is 0 Å². The topological polar surface area (TPSA) is 32.3 Å². The summed E-state index contributed by atoms with van der Waals surface area (Å²) >= 11 is 0. The fourth-order valence-electron chi connectivity index (χ4n) is 2.18. The van der Waals surface area contributed by atoms with E-state index < -0.39 is 5.60 Å². The van der Waals surface area contributed by atoms with Crippen LogP contribution in [0, 0.1) is 5.92 Å². The van der Waals surface area contributed by atoms with Gasteiger partial charge in [-0.1, -0.05) is 13.8 Å². The standard InChI is InChI=1S/C10H21NO/c1-8(2)7-10(3,12)9-5-4-6-11-9/h8-9,11-12H,4-7H2,1-3H3. The van der Waals surface area contributed by atoms with Crippen LogP contribution in [0.5, 0.6) is 0 Å². The summed E-state index contributed by atoms with van der Waals surface area (Å²) in [5, 5.41) is 13.5. The fourth-order valence-corrected chi connectivity index (χ4v) is 2.18. The third-order valence-corrected chi connectivity index (χ3v) is 2.63. The lowest BCUT2D eigenvalue weighted by atomic mass is 9.87. The van der Waals surface area contributed by atoms with E-state index in [4.69, 9.17) is 0 Å². The molecule has 0 radical (unpaired) electrons. The number of hydrogen-bond acceptors (Lipinski definition) is 2. The highest BCUT2D eigenvalue weighted by Gasteiger charge is 2.33. The zero-order valence-electron chi connectivity index (χ0n) is 8.43. The minimum Gasteiger partial charge on any atom is -0.389 e. The van der Waals surface area contributed by atoms with Gasteiger partial charge in [-0.2, -0.15) is 0 Å². The highest BCUT2D eigenvalue weighted by molar-refractivity contribution is 4.91. The SMILES string of the molecule is CC(C)CC(C)(O)C1CCCN1. The smallest absolute Gasteiger partial charge is 0.0774 e. The molecule has 0 saturated carbocycles. The van der Waals surface area contributed by atoms with Crippen molar-refractivity contribution in [3.63, 3.8) is 0 Å². The third kappa shape index (κ3) is 2.46. The normalized spacial score (nSPS) is 29.2. The van der Waals surface area contributed by atoms with Gasteiger partial charge in [0.2, 0.25) is 0 Å². The van der Waals surface area contributed by atoms with Crippen LogP contribution in [0.4, 0.5) is 0 Å². The molecule has 0 amide bonds. The van der Waals surface area contributed by atoms with E-state index in [2.05, 4.69) is 19.2 Å². The van der Waals surface area contributed by atoms with Gasteiger partial charge in [0.25, 0.3) is 0 Å². The molecule has 1 fully saturated rings. The van der Waals surface area contributed by atoms with E-state index in [0.717, 1.165) is 19.4 Å². The van der Waals surface area contributed by atoms with Crippen LogP contribution in [-0.2, 0) is 0 Å². The molecule has 1 rings (SSSR count). The number of aliphatic hydroxyl groups is 1. The zero-order chi connectivity index (χ0) is 9.19. The van der Waals surface area contributed by atoms with E-state index in [1.54, 1.807) is 0 Å². The van der Waals surface area contributed by atoms with Crippen LogP contribution in [0.15, 0.2) is 0 Å². The minimum absolute atomic E-state index is 0.319. The van der Waals surface area contributed by atoms with E-state index in [-0.39, 0.29) is 0 Å². The third-order valence-electron chi connectivity index (χ3n) is 2.63. The first kappa shape index (κ1) is 10.0. The quantitative estimate of drug-likeness (QED) is 0.675. The molecule has 1 aliphatic rings. The summed E-state index contributed by atoms with van der Waals surface area (Å²) in [7, 11) is 0. The molecule has 2 nitrogen and oxygen atoms in total. The Labute approximate surface area is 75.4 Å². The van der Waals surface area contributed by atoms with Crippen LogP contribution < -0.4 is 5.32 Å². The van der Waals surface area contributed by atoms with E-state index >= 15 is 0 Å². The molecule has 0 bridgehead atoms. The molecule has 2 N–H and O–H groups in total. The number of nitrogens with one attached hydrogen (secondary N) is 1. The van der Waals surface area contributed by atoms with Gasteiger partial charge < -0.3 is 10.4 Å². The molecule has 0 aromatic rings. The summed E-state index contributed by atoms with van der Waals surface area (Å²) in [5.41, 5.74) is -0.509. The lowest BCUT2D eigenvalue weighted by Gasteiger charge is -2.31. The number of rotatable bonds is 3. The Morgan fingerprint density at radius 2 is 2.25 bits per heavy atom. The van der Waals surface area contributed by atoms with Crippen molar-refractivity contribution in [2.24, 2.45) is 5.92 Å². The molecule has 0 aromatic carbocycles. The predicted octanol–water partition coefficient (Wildman–Crippen LogP) is 1.54. The van der Waals surface area contributed by atoms with Crippen LogP contribution >= 0.6 is 0 Å². The molecule has 0 aromatic heterocycles. The number of hydrogen-bond donors (Lipinski definition) is 2. The second-order valence-corrected chi connectivity index (χ2v) is 4.60. The van der Waals surface area contributed by atoms with Crippen molar-refractivity contribution < 1.29 is 5.11 Å². The van der Waals surface area contributed by atoms with Crippen molar-refractivity contribution in [1.82, 2.24) is 5.32 Å². The van der Waals surface area contributed by atoms with Gasteiger partial charge in [0.15, 0.2) is 0 Å². The summed E-state index contributed by atoms with van der Waals surface area (Å²) in [6.07, 6.45) is 3.23. The van der Waals surface area contributed by atoms with E-state index in [1.807, 2.05) is 6.92 Å². The van der Waals surface area contributed by atoms with E-state index in [9.17, 15) is 5.11 Å². The Kier molecular flexibility index (Phi) is 3.13. The molecule has 2 unspecified atom stereocenters. The van der Waals surface area contributed by atoms with Gasteiger partial charge in [0.05, 0.1) is 5.60 Å². The van der Waals surface area contributed by atoms with Crippen LogP contribution in [0.3, 0.4) is 0 Å². The summed E-state index contributed by atoms with van der Waals surface area (Å²) in [6.45, 7) is 7.34. The largest absolute Gasteiger partial charge is 0.389 e. The lowest BCUT2D eigenvalue weighted by Crippen LogP contribution is -2.46. The van der Waals surface area contributed by atoms with Crippen LogP contribution in [-0.4, -0.2) is 23.3 Å². The Bertz CT molecular complexity index is 137. The molecular formula is C10H21NO. The molecule has 2 atom stereocenters. The monoisotopic (exact) mass is 171 g/mol. The van der Waals surface area contributed by atoms with Gasteiger partial charge >= 0.3 is 0 Å². The lowest BCUT2D eigenvalue weighted by molar-refractivity contribution is 0.00666. The average molecular weight is 171 g/mol. The molecule has 12 heavy (non-hydrogen) atoms. The Morgan fingerprint density at radius 1 is 1.58 bits per heavy atom. The minimum atomic E-state index is -0.509. The highest BCUT2D eigenvalue weighted by atomic mass is 16.3. The van der Waals surface area contributed by atoms with E-state index in [0.29, 0.717) is 12.0 Å². The molecule has 72 valence electrons. The summed E-state index contributed by atoms with van der Waals surface area (Å²) < 4.78 is 0. The molecule has 1 aliphatic heterocycles. The van der Waals surface area contributed by atoms with Crippen molar-refractivity contribution in [3.8, 4) is 0 Å². The molecule has 2 heteroatoms. The maximum Gasteiger partial charge on any atom is 0.0774 e.